The quantitative estimate of drug-likeness (QED) is 0.703. The number of anilines is 1. The number of carbonyl (C=O) groups excluding carboxylic acids is 1. The second-order valence-electron chi connectivity index (χ2n) is 6.98. The number of hydrogen-bond donors (Lipinski definition) is 2. The summed E-state index contributed by atoms with van der Waals surface area (Å²) in [7, 11) is 0. The van der Waals surface area contributed by atoms with Crippen LogP contribution in [0, 0.1) is 5.82 Å². The van der Waals surface area contributed by atoms with Crippen LogP contribution in [0.4, 0.5) is 10.2 Å². The zero-order chi connectivity index (χ0) is 20.5. The van der Waals surface area contributed by atoms with Crippen molar-refractivity contribution in [3.05, 3.63) is 59.2 Å². The molecule has 7 nitrogen and oxygen atoms in total. The first-order chi connectivity index (χ1) is 13.9. The van der Waals surface area contributed by atoms with Gasteiger partial charge in [0, 0.05) is 24.5 Å². The number of nitrogens with zero attached hydrogens (tertiary/aromatic N) is 3. The van der Waals surface area contributed by atoms with Crippen LogP contribution in [0.3, 0.4) is 0 Å². The Kier molecular flexibility index (Phi) is 4.84. The molecule has 1 aliphatic rings. The summed E-state index contributed by atoms with van der Waals surface area (Å²) in [5.41, 5.74) is 1.17. The van der Waals surface area contributed by atoms with Crippen LogP contribution in [-0.2, 0) is 11.2 Å². The van der Waals surface area contributed by atoms with E-state index in [-0.39, 0.29) is 23.1 Å². The molecule has 0 spiro atoms. The van der Waals surface area contributed by atoms with Crippen LogP contribution >= 0.6 is 0 Å². The first-order valence-electron chi connectivity index (χ1n) is 9.23. The Morgan fingerprint density at radius 2 is 1.93 bits per heavy atom. The number of aromatic nitrogens is 2. The number of aromatic hydroxyl groups is 1. The number of benzene rings is 1. The van der Waals surface area contributed by atoms with Crippen molar-refractivity contribution in [3.8, 4) is 5.75 Å². The molecule has 0 bridgehead atoms. The van der Waals surface area contributed by atoms with Crippen molar-refractivity contribution in [2.45, 2.75) is 25.7 Å². The Bertz CT molecular complexity index is 1120. The number of pyridine rings is 2. The van der Waals surface area contributed by atoms with Crippen LogP contribution in [0.5, 0.6) is 5.75 Å². The molecule has 0 atom stereocenters. The number of aromatic carboxylic acids is 1. The summed E-state index contributed by atoms with van der Waals surface area (Å²) in [6.45, 7) is 0.424. The average Bonchev–Trinajstić information content (AvgIpc) is 2.70. The van der Waals surface area contributed by atoms with Gasteiger partial charge in [-0.3, -0.25) is 14.7 Å². The number of carboxylic acids is 1. The highest BCUT2D eigenvalue weighted by molar-refractivity contribution is 6.06. The number of rotatable bonds is 4. The molecule has 2 N–H and O–H groups in total. The molecule has 1 aromatic carbocycles. The van der Waals surface area contributed by atoms with Gasteiger partial charge >= 0.3 is 5.97 Å². The van der Waals surface area contributed by atoms with Crippen molar-refractivity contribution in [1.82, 2.24) is 9.97 Å². The van der Waals surface area contributed by atoms with Crippen LogP contribution in [0.15, 0.2) is 36.5 Å². The Morgan fingerprint density at radius 3 is 2.62 bits per heavy atom. The smallest absolute Gasteiger partial charge is 0.358 e. The fourth-order valence-corrected chi connectivity index (χ4v) is 3.52. The standard InChI is InChI=1S/C21H18FN3O4/c22-14-6-4-12(5-7-14)9-13-10-15-17(23-11-13)19(27)18(21(28)29)24-20(15)25-8-2-1-3-16(25)26/h4-7,10-11,27H,1-3,8-9H2,(H,28,29). The van der Waals surface area contributed by atoms with E-state index in [1.54, 1.807) is 18.2 Å². The number of carboxylic acid groups (broad SMARTS) is 1. The fraction of sp³-hybridized carbons (Fsp3) is 0.238. The van der Waals surface area contributed by atoms with Gasteiger partial charge in [0.1, 0.15) is 17.2 Å². The van der Waals surface area contributed by atoms with Crippen LogP contribution in [0.1, 0.15) is 40.9 Å². The van der Waals surface area contributed by atoms with Gasteiger partial charge in [-0.1, -0.05) is 12.1 Å². The van der Waals surface area contributed by atoms with Crippen molar-refractivity contribution in [3.63, 3.8) is 0 Å². The zero-order valence-electron chi connectivity index (χ0n) is 15.4. The second-order valence-corrected chi connectivity index (χ2v) is 6.98. The largest absolute Gasteiger partial charge is 0.504 e. The summed E-state index contributed by atoms with van der Waals surface area (Å²) in [6, 6.07) is 7.80. The van der Waals surface area contributed by atoms with Gasteiger partial charge in [-0.25, -0.2) is 14.2 Å². The third kappa shape index (κ3) is 3.61. The van der Waals surface area contributed by atoms with Gasteiger partial charge in [0.05, 0.1) is 0 Å². The third-order valence-electron chi connectivity index (χ3n) is 4.95. The second kappa shape index (κ2) is 7.46. The van der Waals surface area contributed by atoms with Crippen molar-refractivity contribution < 1.29 is 24.2 Å². The number of piperidine rings is 1. The Morgan fingerprint density at radius 1 is 1.17 bits per heavy atom. The molecule has 1 aliphatic heterocycles. The summed E-state index contributed by atoms with van der Waals surface area (Å²) in [4.78, 5) is 33.8. The number of halogens is 1. The highest BCUT2D eigenvalue weighted by atomic mass is 19.1. The number of hydrogen-bond acceptors (Lipinski definition) is 5. The predicted octanol–water partition coefficient (Wildman–Crippen LogP) is 3.28. The van der Waals surface area contributed by atoms with Crippen LogP contribution in [-0.4, -0.2) is 38.6 Å². The Hall–Kier alpha value is -3.55. The monoisotopic (exact) mass is 395 g/mol. The Balaban J connectivity index is 1.85. The van der Waals surface area contributed by atoms with Gasteiger partial charge in [0.2, 0.25) is 5.91 Å². The summed E-state index contributed by atoms with van der Waals surface area (Å²) < 4.78 is 13.1. The van der Waals surface area contributed by atoms with E-state index in [1.807, 2.05) is 0 Å². The highest BCUT2D eigenvalue weighted by Gasteiger charge is 2.27. The molecular formula is C21H18FN3O4. The summed E-state index contributed by atoms with van der Waals surface area (Å²) >= 11 is 0. The molecular weight excluding hydrogens is 377 g/mol. The van der Waals surface area contributed by atoms with Crippen molar-refractivity contribution in [2.75, 3.05) is 11.4 Å². The minimum absolute atomic E-state index is 0.0774. The maximum Gasteiger partial charge on any atom is 0.358 e. The van der Waals surface area contributed by atoms with Gasteiger partial charge < -0.3 is 10.2 Å². The van der Waals surface area contributed by atoms with Gasteiger partial charge in [-0.05, 0) is 48.6 Å². The molecule has 4 rings (SSSR count). The van der Waals surface area contributed by atoms with Crippen LogP contribution in [0.2, 0.25) is 0 Å². The normalized spacial score (nSPS) is 14.4. The lowest BCUT2D eigenvalue weighted by molar-refractivity contribution is -0.119. The lowest BCUT2D eigenvalue weighted by Crippen LogP contribution is -2.36. The van der Waals surface area contributed by atoms with Gasteiger partial charge in [0.15, 0.2) is 11.4 Å². The van der Waals surface area contributed by atoms with E-state index in [4.69, 9.17) is 0 Å². The van der Waals surface area contributed by atoms with E-state index < -0.39 is 17.4 Å². The van der Waals surface area contributed by atoms with Gasteiger partial charge in [-0.2, -0.15) is 0 Å². The van der Waals surface area contributed by atoms with E-state index in [0.29, 0.717) is 24.8 Å². The molecule has 8 heteroatoms. The van der Waals surface area contributed by atoms with E-state index in [0.717, 1.165) is 24.0 Å². The predicted molar refractivity (Wildman–Crippen MR) is 104 cm³/mol. The SMILES string of the molecule is O=C(O)c1nc(N2CCCCC2=O)c2cc(Cc3ccc(F)cc3)cnc2c1O. The molecule has 148 valence electrons. The summed E-state index contributed by atoms with van der Waals surface area (Å²) in [6.07, 6.45) is 3.89. The molecule has 0 aliphatic carbocycles. The van der Waals surface area contributed by atoms with E-state index in [9.17, 15) is 24.2 Å². The zero-order valence-corrected chi connectivity index (χ0v) is 15.4. The molecule has 2 aromatic heterocycles. The fourth-order valence-electron chi connectivity index (χ4n) is 3.52. The molecule has 3 aromatic rings. The molecule has 3 heterocycles. The van der Waals surface area contributed by atoms with E-state index in [2.05, 4.69) is 9.97 Å². The first kappa shape index (κ1) is 18.8. The molecule has 0 saturated carbocycles. The topological polar surface area (TPSA) is 104 Å². The van der Waals surface area contributed by atoms with Gasteiger partial charge in [0.25, 0.3) is 0 Å². The first-order valence-corrected chi connectivity index (χ1v) is 9.23. The molecule has 0 unspecified atom stereocenters. The highest BCUT2D eigenvalue weighted by Crippen LogP contribution is 2.35. The summed E-state index contributed by atoms with van der Waals surface area (Å²) in [5, 5.41) is 20.2. The minimum atomic E-state index is -1.40. The molecule has 1 amide bonds. The number of carbonyl (C=O) groups is 2. The third-order valence-corrected chi connectivity index (χ3v) is 4.95. The van der Waals surface area contributed by atoms with E-state index >= 15 is 0 Å². The maximum absolute atomic E-state index is 13.1. The lowest BCUT2D eigenvalue weighted by atomic mass is 10.0. The molecule has 1 saturated heterocycles. The van der Waals surface area contributed by atoms with Crippen molar-refractivity contribution >= 4 is 28.6 Å². The lowest BCUT2D eigenvalue weighted by Gasteiger charge is -2.27. The average molecular weight is 395 g/mol. The van der Waals surface area contributed by atoms with Crippen molar-refractivity contribution in [1.29, 1.82) is 0 Å². The van der Waals surface area contributed by atoms with E-state index in [1.165, 1.54) is 23.2 Å². The Labute approximate surface area is 165 Å². The molecule has 29 heavy (non-hydrogen) atoms. The molecule has 0 radical (unpaired) electrons. The number of amides is 1. The van der Waals surface area contributed by atoms with Crippen LogP contribution in [0.25, 0.3) is 10.9 Å². The summed E-state index contributed by atoms with van der Waals surface area (Å²) in [5.74, 6) is -2.21. The number of fused-ring (bicyclic) bond motifs is 1. The van der Waals surface area contributed by atoms with Gasteiger partial charge in [-0.15, -0.1) is 0 Å². The van der Waals surface area contributed by atoms with Crippen LogP contribution < -0.4 is 4.90 Å². The molecule has 1 fully saturated rings. The minimum Gasteiger partial charge on any atom is -0.504 e. The maximum atomic E-state index is 13.1. The van der Waals surface area contributed by atoms with Crippen molar-refractivity contribution in [2.24, 2.45) is 0 Å².